The number of hydrogen-bond donors (Lipinski definition) is 3. The van der Waals surface area contributed by atoms with Crippen molar-refractivity contribution in [2.45, 2.75) is 32.6 Å². The second-order valence-corrected chi connectivity index (χ2v) is 4.70. The Hall–Kier alpha value is -2.52. The normalized spacial score (nSPS) is 11.5. The van der Waals surface area contributed by atoms with Gasteiger partial charge in [-0.3, -0.25) is 14.4 Å². The average molecular weight is 320 g/mol. The van der Waals surface area contributed by atoms with Crippen LogP contribution in [0.15, 0.2) is 6.07 Å². The van der Waals surface area contributed by atoms with Gasteiger partial charge in [-0.2, -0.15) is 13.2 Å². The first-order valence-electron chi connectivity index (χ1n) is 6.07. The van der Waals surface area contributed by atoms with E-state index in [0.29, 0.717) is 0 Å². The standard InChI is InChI=1S/C12H15F3N4O3/c1-5-3-7(6(2)19(5)4-12(13,14)15)11(22)18-8(9(16)20)10(17)21/h3,8H,4H2,1-2H3,(H2,16,20)(H2,17,21)(H,18,22). The van der Waals surface area contributed by atoms with Gasteiger partial charge in [0.15, 0.2) is 6.04 Å². The molecule has 0 aliphatic rings. The third kappa shape index (κ3) is 3.99. The summed E-state index contributed by atoms with van der Waals surface area (Å²) in [7, 11) is 0. The molecule has 122 valence electrons. The molecule has 0 atom stereocenters. The van der Waals surface area contributed by atoms with Crippen LogP contribution in [-0.2, 0) is 16.1 Å². The molecule has 0 bridgehead atoms. The van der Waals surface area contributed by atoms with Gasteiger partial charge in [0.2, 0.25) is 11.8 Å². The minimum Gasteiger partial charge on any atom is -0.367 e. The number of amides is 3. The summed E-state index contributed by atoms with van der Waals surface area (Å²) in [6.45, 7) is 1.46. The molecule has 0 aliphatic heterocycles. The minimum absolute atomic E-state index is 0.0417. The van der Waals surface area contributed by atoms with E-state index in [0.717, 1.165) is 4.57 Å². The van der Waals surface area contributed by atoms with E-state index in [1.54, 1.807) is 0 Å². The van der Waals surface area contributed by atoms with E-state index in [1.165, 1.54) is 19.9 Å². The molecule has 1 rings (SSSR count). The molecule has 0 saturated heterocycles. The Morgan fingerprint density at radius 1 is 1.23 bits per heavy atom. The van der Waals surface area contributed by atoms with E-state index in [9.17, 15) is 27.6 Å². The molecule has 22 heavy (non-hydrogen) atoms. The molecule has 1 aromatic heterocycles. The van der Waals surface area contributed by atoms with Gasteiger partial charge in [0.05, 0.1) is 5.56 Å². The highest BCUT2D eigenvalue weighted by molar-refractivity contribution is 6.08. The molecule has 0 aliphatic carbocycles. The quantitative estimate of drug-likeness (QED) is 0.648. The molecule has 1 aromatic rings. The van der Waals surface area contributed by atoms with E-state index < -0.39 is 36.5 Å². The largest absolute Gasteiger partial charge is 0.406 e. The van der Waals surface area contributed by atoms with Gasteiger partial charge in [0.25, 0.3) is 5.91 Å². The lowest BCUT2D eigenvalue weighted by atomic mass is 10.2. The molecule has 7 nitrogen and oxygen atoms in total. The number of aryl methyl sites for hydroxylation is 1. The fraction of sp³-hybridized carbons (Fsp3) is 0.417. The molecule has 3 amide bonds. The zero-order chi connectivity index (χ0) is 17.2. The number of nitrogens with one attached hydrogen (secondary N) is 1. The Morgan fingerprint density at radius 2 is 1.73 bits per heavy atom. The third-order valence-electron chi connectivity index (χ3n) is 3.00. The van der Waals surface area contributed by atoms with Crippen molar-refractivity contribution in [3.05, 3.63) is 23.0 Å². The molecular formula is C12H15F3N4O3. The fourth-order valence-corrected chi connectivity index (χ4v) is 1.94. The lowest BCUT2D eigenvalue weighted by Crippen LogP contribution is -2.52. The van der Waals surface area contributed by atoms with Crippen LogP contribution in [0, 0.1) is 13.8 Å². The van der Waals surface area contributed by atoms with Crippen LogP contribution >= 0.6 is 0 Å². The van der Waals surface area contributed by atoms with Crippen molar-refractivity contribution in [1.82, 2.24) is 9.88 Å². The Morgan fingerprint density at radius 3 is 2.14 bits per heavy atom. The Balaban J connectivity index is 3.08. The van der Waals surface area contributed by atoms with Crippen LogP contribution in [0.25, 0.3) is 0 Å². The summed E-state index contributed by atoms with van der Waals surface area (Å²) in [5.41, 5.74) is 9.97. The maximum absolute atomic E-state index is 12.5. The van der Waals surface area contributed by atoms with Crippen molar-refractivity contribution >= 4 is 17.7 Å². The predicted molar refractivity (Wildman–Crippen MR) is 69.6 cm³/mol. The predicted octanol–water partition coefficient (Wildman–Crippen LogP) is -0.264. The van der Waals surface area contributed by atoms with Gasteiger partial charge in [-0.15, -0.1) is 0 Å². The first kappa shape index (κ1) is 17.5. The lowest BCUT2D eigenvalue weighted by molar-refractivity contribution is -0.141. The third-order valence-corrected chi connectivity index (χ3v) is 3.00. The van der Waals surface area contributed by atoms with Crippen LogP contribution in [-0.4, -0.2) is 34.5 Å². The Bertz CT molecular complexity index is 608. The number of rotatable bonds is 5. The van der Waals surface area contributed by atoms with E-state index >= 15 is 0 Å². The van der Waals surface area contributed by atoms with Gasteiger partial charge in [-0.05, 0) is 19.9 Å². The van der Waals surface area contributed by atoms with Crippen molar-refractivity contribution in [3.8, 4) is 0 Å². The van der Waals surface area contributed by atoms with Crippen LogP contribution in [0.5, 0.6) is 0 Å². The lowest BCUT2D eigenvalue weighted by Gasteiger charge is -2.13. The molecule has 0 spiro atoms. The molecule has 0 aromatic carbocycles. The highest BCUT2D eigenvalue weighted by atomic mass is 19.4. The molecule has 0 radical (unpaired) electrons. The summed E-state index contributed by atoms with van der Waals surface area (Å²) in [6.07, 6.45) is -4.45. The van der Waals surface area contributed by atoms with Crippen LogP contribution in [0.2, 0.25) is 0 Å². The smallest absolute Gasteiger partial charge is 0.367 e. The molecule has 10 heteroatoms. The first-order chi connectivity index (χ1) is 9.94. The number of aromatic nitrogens is 1. The summed E-state index contributed by atoms with van der Waals surface area (Å²) in [6, 6.07) is -0.520. The summed E-state index contributed by atoms with van der Waals surface area (Å²) in [5, 5.41) is 1.99. The zero-order valence-corrected chi connectivity index (χ0v) is 11.8. The van der Waals surface area contributed by atoms with Crippen LogP contribution < -0.4 is 16.8 Å². The molecule has 1 heterocycles. The van der Waals surface area contributed by atoms with Gasteiger partial charge in [-0.1, -0.05) is 0 Å². The molecule has 0 unspecified atom stereocenters. The highest BCUT2D eigenvalue weighted by Crippen LogP contribution is 2.23. The van der Waals surface area contributed by atoms with Crippen LogP contribution in [0.1, 0.15) is 21.7 Å². The molecule has 0 fully saturated rings. The van der Waals surface area contributed by atoms with Crippen molar-refractivity contribution in [2.24, 2.45) is 11.5 Å². The van der Waals surface area contributed by atoms with Crippen LogP contribution in [0.3, 0.4) is 0 Å². The van der Waals surface area contributed by atoms with Gasteiger partial charge in [-0.25, -0.2) is 0 Å². The summed E-state index contributed by atoms with van der Waals surface area (Å²) >= 11 is 0. The van der Waals surface area contributed by atoms with Gasteiger partial charge in [0.1, 0.15) is 6.54 Å². The summed E-state index contributed by atoms with van der Waals surface area (Å²) in [4.78, 5) is 34.0. The van der Waals surface area contributed by atoms with E-state index in [1.807, 2.05) is 5.32 Å². The van der Waals surface area contributed by atoms with Crippen molar-refractivity contribution < 1.29 is 27.6 Å². The number of nitrogens with zero attached hydrogens (tertiary/aromatic N) is 1. The molecular weight excluding hydrogens is 305 g/mol. The average Bonchev–Trinajstić information content (AvgIpc) is 2.61. The Labute approximate surface area is 123 Å². The number of nitrogens with two attached hydrogens (primary N) is 2. The molecule has 5 N–H and O–H groups in total. The second-order valence-electron chi connectivity index (χ2n) is 4.70. The van der Waals surface area contributed by atoms with Crippen molar-refractivity contribution in [3.63, 3.8) is 0 Å². The minimum atomic E-state index is -4.45. The topological polar surface area (TPSA) is 120 Å². The second kappa shape index (κ2) is 6.08. The summed E-state index contributed by atoms with van der Waals surface area (Å²) in [5.74, 6) is -3.24. The van der Waals surface area contributed by atoms with Gasteiger partial charge >= 0.3 is 6.18 Å². The maximum Gasteiger partial charge on any atom is 0.406 e. The van der Waals surface area contributed by atoms with E-state index in [4.69, 9.17) is 11.5 Å². The highest BCUT2D eigenvalue weighted by Gasteiger charge is 2.31. The number of hydrogen-bond acceptors (Lipinski definition) is 3. The van der Waals surface area contributed by atoms with E-state index in [2.05, 4.69) is 0 Å². The van der Waals surface area contributed by atoms with Crippen molar-refractivity contribution in [2.75, 3.05) is 0 Å². The zero-order valence-electron chi connectivity index (χ0n) is 11.8. The van der Waals surface area contributed by atoms with E-state index in [-0.39, 0.29) is 17.0 Å². The fourth-order valence-electron chi connectivity index (χ4n) is 1.94. The Kier molecular flexibility index (Phi) is 4.84. The number of carbonyl (C=O) groups excluding carboxylic acids is 3. The van der Waals surface area contributed by atoms with Crippen molar-refractivity contribution in [1.29, 1.82) is 0 Å². The summed E-state index contributed by atoms with van der Waals surface area (Å²) < 4.78 is 38.4. The SMILES string of the molecule is Cc1cc(C(=O)NC(C(N)=O)C(N)=O)c(C)n1CC(F)(F)F. The number of primary amides is 2. The maximum atomic E-state index is 12.5. The van der Waals surface area contributed by atoms with Gasteiger partial charge in [0, 0.05) is 11.4 Å². The molecule has 0 saturated carbocycles. The number of alkyl halides is 3. The van der Waals surface area contributed by atoms with Gasteiger partial charge < -0.3 is 21.4 Å². The number of halogens is 3. The monoisotopic (exact) mass is 320 g/mol. The first-order valence-corrected chi connectivity index (χ1v) is 6.07. The van der Waals surface area contributed by atoms with Crippen LogP contribution in [0.4, 0.5) is 13.2 Å². The number of carbonyl (C=O) groups is 3.